The van der Waals surface area contributed by atoms with Crippen LogP contribution in [0.3, 0.4) is 0 Å². The first-order chi connectivity index (χ1) is 17.7. The van der Waals surface area contributed by atoms with E-state index in [0.29, 0.717) is 13.2 Å². The van der Waals surface area contributed by atoms with Gasteiger partial charge in [0.05, 0.1) is 18.9 Å². The van der Waals surface area contributed by atoms with Gasteiger partial charge in [-0.25, -0.2) is 0 Å². The van der Waals surface area contributed by atoms with Gasteiger partial charge >= 0.3 is 0 Å². The van der Waals surface area contributed by atoms with Crippen LogP contribution in [0.5, 0.6) is 11.5 Å². The van der Waals surface area contributed by atoms with E-state index in [1.54, 1.807) is 18.5 Å². The van der Waals surface area contributed by atoms with Crippen LogP contribution in [0.15, 0.2) is 77.9 Å². The summed E-state index contributed by atoms with van der Waals surface area (Å²) in [6, 6.07) is 20.1. The Morgan fingerprint density at radius 2 is 1.78 bits per heavy atom. The summed E-state index contributed by atoms with van der Waals surface area (Å²) in [7, 11) is 0. The molecule has 182 valence electrons. The molecule has 7 nitrogen and oxygen atoms in total. The number of aromatic amines is 1. The normalized spacial score (nSPS) is 14.8. The van der Waals surface area contributed by atoms with Gasteiger partial charge in [0.15, 0.2) is 0 Å². The molecular formula is C29H28N4O3. The molecule has 0 amide bonds. The van der Waals surface area contributed by atoms with Crippen LogP contribution in [0.2, 0.25) is 0 Å². The number of hydrogen-bond acceptors (Lipinski definition) is 6. The fourth-order valence-corrected chi connectivity index (χ4v) is 4.86. The number of fused-ring (bicyclic) bond motifs is 2. The van der Waals surface area contributed by atoms with Crippen molar-refractivity contribution >= 4 is 11.4 Å². The zero-order chi connectivity index (χ0) is 24.3. The first kappa shape index (κ1) is 22.4. The van der Waals surface area contributed by atoms with E-state index in [1.165, 1.54) is 5.56 Å². The molecule has 0 unspecified atom stereocenters. The van der Waals surface area contributed by atoms with Gasteiger partial charge in [-0.1, -0.05) is 12.1 Å². The number of benzene rings is 2. The highest BCUT2D eigenvalue weighted by Crippen LogP contribution is 2.41. The van der Waals surface area contributed by atoms with E-state index >= 15 is 0 Å². The van der Waals surface area contributed by atoms with Gasteiger partial charge in [-0.05, 0) is 72.0 Å². The third kappa shape index (κ3) is 4.70. The van der Waals surface area contributed by atoms with Gasteiger partial charge in [0.2, 0.25) is 5.56 Å². The number of rotatable bonds is 5. The predicted octanol–water partition coefficient (Wildman–Crippen LogP) is 4.78. The van der Waals surface area contributed by atoms with Crippen molar-refractivity contribution in [3.05, 3.63) is 100 Å². The van der Waals surface area contributed by atoms with Crippen molar-refractivity contribution in [1.82, 2.24) is 9.97 Å². The topological polar surface area (TPSA) is 79.5 Å². The van der Waals surface area contributed by atoms with Crippen LogP contribution < -0.4 is 20.5 Å². The van der Waals surface area contributed by atoms with Gasteiger partial charge in [-0.2, -0.15) is 0 Å². The minimum absolute atomic E-state index is 0.120. The van der Waals surface area contributed by atoms with Crippen molar-refractivity contribution in [2.45, 2.75) is 19.4 Å². The number of aryl methyl sites for hydroxylation is 2. The molecule has 0 atom stereocenters. The summed E-state index contributed by atoms with van der Waals surface area (Å²) >= 11 is 0. The SMILES string of the molecule is O=c1cc(N2CCOCC2)cc(-c2cccc3c2Oc2ccc(NCc4ccncc4)cc2CC3)[nH]1. The van der Waals surface area contributed by atoms with Crippen LogP contribution in [0.4, 0.5) is 11.4 Å². The Morgan fingerprint density at radius 3 is 2.64 bits per heavy atom. The maximum absolute atomic E-state index is 12.6. The standard InChI is InChI=1S/C29H28N4O3/c34-28-18-24(33-12-14-35-15-13-33)17-26(32-28)25-3-1-2-21-4-5-22-16-23(6-7-27(22)36-29(21)25)31-19-20-8-10-30-11-9-20/h1-3,6-11,16-18,31H,4-5,12-15,19H2,(H,32,34). The van der Waals surface area contributed by atoms with Crippen LogP contribution in [0.25, 0.3) is 11.3 Å². The number of morpholine rings is 1. The highest BCUT2D eigenvalue weighted by molar-refractivity contribution is 5.73. The highest BCUT2D eigenvalue weighted by atomic mass is 16.5. The van der Waals surface area contributed by atoms with E-state index in [2.05, 4.69) is 38.4 Å². The Morgan fingerprint density at radius 1 is 0.944 bits per heavy atom. The molecule has 1 saturated heterocycles. The molecule has 6 rings (SSSR count). The van der Waals surface area contributed by atoms with Gasteiger partial charge < -0.3 is 24.7 Å². The molecule has 0 aliphatic carbocycles. The average molecular weight is 481 g/mol. The Kier molecular flexibility index (Phi) is 6.13. The molecular weight excluding hydrogens is 452 g/mol. The van der Waals surface area contributed by atoms with Gasteiger partial charge in [0, 0.05) is 55.0 Å². The van der Waals surface area contributed by atoms with Crippen molar-refractivity contribution in [3.8, 4) is 22.8 Å². The number of anilines is 2. The Bertz CT molecular complexity index is 1430. The highest BCUT2D eigenvalue weighted by Gasteiger charge is 2.21. The molecule has 2 aliphatic rings. The molecule has 0 spiro atoms. The van der Waals surface area contributed by atoms with Crippen LogP contribution in [0.1, 0.15) is 16.7 Å². The van der Waals surface area contributed by atoms with Gasteiger partial charge in [0.25, 0.3) is 0 Å². The summed E-state index contributed by atoms with van der Waals surface area (Å²) in [6.45, 7) is 3.62. The molecule has 36 heavy (non-hydrogen) atoms. The first-order valence-electron chi connectivity index (χ1n) is 12.4. The summed E-state index contributed by atoms with van der Waals surface area (Å²) in [5, 5.41) is 3.50. The number of pyridine rings is 2. The van der Waals surface area contributed by atoms with E-state index in [4.69, 9.17) is 9.47 Å². The number of nitrogens with zero attached hydrogens (tertiary/aromatic N) is 2. The smallest absolute Gasteiger partial charge is 0.250 e. The zero-order valence-corrected chi connectivity index (χ0v) is 20.0. The largest absolute Gasteiger partial charge is 0.456 e. The summed E-state index contributed by atoms with van der Waals surface area (Å²) in [5.41, 5.74) is 6.98. The quantitative estimate of drug-likeness (QED) is 0.428. The summed E-state index contributed by atoms with van der Waals surface area (Å²) in [5.74, 6) is 1.66. The molecule has 2 aromatic carbocycles. The van der Waals surface area contributed by atoms with Crippen molar-refractivity contribution in [2.75, 3.05) is 36.5 Å². The molecule has 0 radical (unpaired) electrons. The maximum atomic E-state index is 12.6. The van der Waals surface area contributed by atoms with Crippen molar-refractivity contribution in [1.29, 1.82) is 0 Å². The van der Waals surface area contributed by atoms with E-state index in [9.17, 15) is 4.79 Å². The molecule has 1 fully saturated rings. The van der Waals surface area contributed by atoms with E-state index in [0.717, 1.165) is 77.7 Å². The van der Waals surface area contributed by atoms with Crippen LogP contribution in [-0.2, 0) is 24.1 Å². The van der Waals surface area contributed by atoms with E-state index in [-0.39, 0.29) is 5.56 Å². The van der Waals surface area contributed by atoms with Gasteiger partial charge in [-0.15, -0.1) is 0 Å². The fourth-order valence-electron chi connectivity index (χ4n) is 4.86. The molecule has 2 aliphatic heterocycles. The first-order valence-corrected chi connectivity index (χ1v) is 12.4. The predicted molar refractivity (Wildman–Crippen MR) is 141 cm³/mol. The van der Waals surface area contributed by atoms with E-state index in [1.807, 2.05) is 36.4 Å². The average Bonchev–Trinajstić information content (AvgIpc) is 3.11. The number of hydrogen-bond donors (Lipinski definition) is 2. The summed E-state index contributed by atoms with van der Waals surface area (Å²) < 4.78 is 12.0. The molecule has 2 N–H and O–H groups in total. The molecule has 4 heterocycles. The monoisotopic (exact) mass is 480 g/mol. The number of H-pyrrole nitrogens is 1. The Balaban J connectivity index is 1.29. The minimum Gasteiger partial charge on any atom is -0.456 e. The number of ether oxygens (including phenoxy) is 2. The number of aromatic nitrogens is 2. The molecule has 0 bridgehead atoms. The van der Waals surface area contributed by atoms with Gasteiger partial charge in [-0.3, -0.25) is 9.78 Å². The third-order valence-corrected chi connectivity index (χ3v) is 6.77. The third-order valence-electron chi connectivity index (χ3n) is 6.77. The Hall–Kier alpha value is -4.10. The zero-order valence-electron chi connectivity index (χ0n) is 20.0. The molecule has 0 saturated carbocycles. The Labute approximate surface area is 209 Å². The lowest BCUT2D eigenvalue weighted by molar-refractivity contribution is 0.122. The minimum atomic E-state index is -0.120. The second kappa shape index (κ2) is 9.87. The number of nitrogens with one attached hydrogen (secondary N) is 2. The lowest BCUT2D eigenvalue weighted by Gasteiger charge is -2.29. The number of para-hydroxylation sites is 1. The second-order valence-corrected chi connectivity index (χ2v) is 9.14. The summed E-state index contributed by atoms with van der Waals surface area (Å²) in [6.07, 6.45) is 5.35. The van der Waals surface area contributed by atoms with Crippen molar-refractivity contribution in [2.24, 2.45) is 0 Å². The lowest BCUT2D eigenvalue weighted by atomic mass is 10.0. The molecule has 4 aromatic rings. The van der Waals surface area contributed by atoms with Crippen LogP contribution >= 0.6 is 0 Å². The molecule has 7 heteroatoms. The van der Waals surface area contributed by atoms with Crippen molar-refractivity contribution in [3.63, 3.8) is 0 Å². The van der Waals surface area contributed by atoms with E-state index < -0.39 is 0 Å². The summed E-state index contributed by atoms with van der Waals surface area (Å²) in [4.78, 5) is 21.9. The maximum Gasteiger partial charge on any atom is 0.250 e. The van der Waals surface area contributed by atoms with Crippen molar-refractivity contribution < 1.29 is 9.47 Å². The van der Waals surface area contributed by atoms with Crippen LogP contribution in [0, 0.1) is 0 Å². The lowest BCUT2D eigenvalue weighted by Crippen LogP contribution is -2.36. The van der Waals surface area contributed by atoms with Gasteiger partial charge in [0.1, 0.15) is 11.5 Å². The van der Waals surface area contributed by atoms with Crippen LogP contribution in [-0.4, -0.2) is 36.3 Å². The second-order valence-electron chi connectivity index (χ2n) is 9.14. The molecule has 2 aromatic heterocycles. The fraction of sp³-hybridized carbons (Fsp3) is 0.241.